The van der Waals surface area contributed by atoms with Crippen LogP contribution in [-0.4, -0.2) is 41.5 Å². The standard InChI is InChI=1S/C18H22N2O4S/c1-3-23-18(22)13-6-8-20(9-7-13)16(21)11-14-12(2)24-17(19-14)15-5-4-10-25-15/h4-5,10,13H,3,6-9,11H2,1-2H3. The smallest absolute Gasteiger partial charge is 0.309 e. The Labute approximate surface area is 150 Å². The van der Waals surface area contributed by atoms with Gasteiger partial charge in [-0.3, -0.25) is 9.59 Å². The van der Waals surface area contributed by atoms with E-state index >= 15 is 0 Å². The second-order valence-corrected chi connectivity index (χ2v) is 7.03. The van der Waals surface area contributed by atoms with Crippen molar-refractivity contribution in [2.75, 3.05) is 19.7 Å². The average molecular weight is 362 g/mol. The molecule has 1 aliphatic heterocycles. The molecule has 2 aromatic heterocycles. The maximum atomic E-state index is 12.5. The zero-order valence-electron chi connectivity index (χ0n) is 14.5. The van der Waals surface area contributed by atoms with Crippen molar-refractivity contribution in [3.8, 4) is 10.8 Å². The molecule has 0 spiro atoms. The lowest BCUT2D eigenvalue weighted by atomic mass is 9.96. The fourth-order valence-electron chi connectivity index (χ4n) is 2.98. The molecule has 1 fully saturated rings. The Morgan fingerprint density at radius 1 is 1.40 bits per heavy atom. The highest BCUT2D eigenvalue weighted by atomic mass is 32.1. The summed E-state index contributed by atoms with van der Waals surface area (Å²) < 4.78 is 10.8. The molecule has 3 heterocycles. The number of hydrogen-bond donors (Lipinski definition) is 0. The topological polar surface area (TPSA) is 72.6 Å². The van der Waals surface area contributed by atoms with Gasteiger partial charge in [0.1, 0.15) is 5.76 Å². The number of likely N-dealkylation sites (tertiary alicyclic amines) is 1. The van der Waals surface area contributed by atoms with Gasteiger partial charge in [0.05, 0.1) is 29.5 Å². The first kappa shape index (κ1) is 17.7. The lowest BCUT2D eigenvalue weighted by Gasteiger charge is -2.30. The molecule has 0 radical (unpaired) electrons. The number of esters is 1. The van der Waals surface area contributed by atoms with Crippen LogP contribution in [0.2, 0.25) is 0 Å². The number of aryl methyl sites for hydroxylation is 1. The fourth-order valence-corrected chi connectivity index (χ4v) is 3.63. The molecule has 25 heavy (non-hydrogen) atoms. The molecule has 1 aliphatic rings. The molecule has 134 valence electrons. The van der Waals surface area contributed by atoms with Crippen LogP contribution in [0.5, 0.6) is 0 Å². The predicted octanol–water partition coefficient (Wildman–Crippen LogP) is 3.06. The molecule has 0 unspecified atom stereocenters. The highest BCUT2D eigenvalue weighted by Crippen LogP contribution is 2.26. The van der Waals surface area contributed by atoms with Gasteiger partial charge in [0, 0.05) is 13.1 Å². The number of thiophene rings is 1. The molecule has 0 aliphatic carbocycles. The molecule has 3 rings (SSSR count). The van der Waals surface area contributed by atoms with Crippen LogP contribution in [0.3, 0.4) is 0 Å². The summed E-state index contributed by atoms with van der Waals surface area (Å²) in [6.45, 7) is 5.20. The summed E-state index contributed by atoms with van der Waals surface area (Å²) in [5, 5.41) is 1.97. The third-order valence-corrected chi connectivity index (χ3v) is 5.27. The highest BCUT2D eigenvalue weighted by molar-refractivity contribution is 7.13. The van der Waals surface area contributed by atoms with Crippen LogP contribution in [-0.2, 0) is 20.7 Å². The number of amides is 1. The second kappa shape index (κ2) is 7.82. The zero-order valence-corrected chi connectivity index (χ0v) is 15.3. The van der Waals surface area contributed by atoms with E-state index in [4.69, 9.17) is 9.15 Å². The van der Waals surface area contributed by atoms with Crippen molar-refractivity contribution < 1.29 is 18.7 Å². The van der Waals surface area contributed by atoms with Gasteiger partial charge in [0.25, 0.3) is 0 Å². The lowest BCUT2D eigenvalue weighted by molar-refractivity contribution is -0.151. The SMILES string of the molecule is CCOC(=O)C1CCN(C(=O)Cc2nc(-c3cccs3)oc2C)CC1. The Hall–Kier alpha value is -2.15. The van der Waals surface area contributed by atoms with Crippen molar-refractivity contribution in [3.63, 3.8) is 0 Å². The van der Waals surface area contributed by atoms with Gasteiger partial charge in [0.2, 0.25) is 11.8 Å². The number of oxazole rings is 1. The Morgan fingerprint density at radius 2 is 2.16 bits per heavy atom. The molecule has 0 N–H and O–H groups in total. The molecular weight excluding hydrogens is 340 g/mol. The van der Waals surface area contributed by atoms with Gasteiger partial charge >= 0.3 is 5.97 Å². The van der Waals surface area contributed by atoms with E-state index in [2.05, 4.69) is 4.98 Å². The first-order valence-electron chi connectivity index (χ1n) is 8.53. The van der Waals surface area contributed by atoms with Crippen molar-refractivity contribution in [1.29, 1.82) is 0 Å². The molecule has 6 nitrogen and oxygen atoms in total. The van der Waals surface area contributed by atoms with E-state index in [1.807, 2.05) is 24.4 Å². The normalized spacial score (nSPS) is 15.4. The molecule has 0 atom stereocenters. The van der Waals surface area contributed by atoms with Crippen molar-refractivity contribution >= 4 is 23.2 Å². The number of carbonyl (C=O) groups excluding carboxylic acids is 2. The first-order chi connectivity index (χ1) is 12.1. The van der Waals surface area contributed by atoms with Crippen LogP contribution < -0.4 is 0 Å². The molecule has 1 saturated heterocycles. The maximum absolute atomic E-state index is 12.5. The van der Waals surface area contributed by atoms with Crippen molar-refractivity contribution in [2.24, 2.45) is 5.92 Å². The Bertz CT molecular complexity index is 730. The Morgan fingerprint density at radius 3 is 2.80 bits per heavy atom. The minimum absolute atomic E-state index is 0.0245. The quantitative estimate of drug-likeness (QED) is 0.765. The summed E-state index contributed by atoms with van der Waals surface area (Å²) in [5.41, 5.74) is 0.681. The van der Waals surface area contributed by atoms with Gasteiger partial charge in [-0.1, -0.05) is 6.07 Å². The Kier molecular flexibility index (Phi) is 5.53. The van der Waals surface area contributed by atoms with E-state index < -0.39 is 0 Å². The molecule has 0 bridgehead atoms. The largest absolute Gasteiger partial charge is 0.466 e. The van der Waals surface area contributed by atoms with Crippen LogP contribution in [0.25, 0.3) is 10.8 Å². The van der Waals surface area contributed by atoms with Gasteiger partial charge in [0.15, 0.2) is 0 Å². The fraction of sp³-hybridized carbons (Fsp3) is 0.500. The predicted molar refractivity (Wildman–Crippen MR) is 94.2 cm³/mol. The Balaban J connectivity index is 1.58. The summed E-state index contributed by atoms with van der Waals surface area (Å²) in [5.74, 6) is 1.02. The van der Waals surface area contributed by atoms with Gasteiger partial charge in [-0.2, -0.15) is 0 Å². The summed E-state index contributed by atoms with van der Waals surface area (Å²) in [7, 11) is 0. The molecule has 0 aromatic carbocycles. The summed E-state index contributed by atoms with van der Waals surface area (Å²) >= 11 is 1.56. The minimum Gasteiger partial charge on any atom is -0.466 e. The monoisotopic (exact) mass is 362 g/mol. The maximum Gasteiger partial charge on any atom is 0.309 e. The van der Waals surface area contributed by atoms with E-state index in [-0.39, 0.29) is 24.2 Å². The van der Waals surface area contributed by atoms with E-state index in [1.54, 1.807) is 23.2 Å². The summed E-state index contributed by atoms with van der Waals surface area (Å²) in [6.07, 6.45) is 1.54. The van der Waals surface area contributed by atoms with Gasteiger partial charge in [-0.15, -0.1) is 11.3 Å². The number of aromatic nitrogens is 1. The van der Waals surface area contributed by atoms with E-state index in [0.29, 0.717) is 49.9 Å². The first-order valence-corrected chi connectivity index (χ1v) is 9.41. The zero-order chi connectivity index (χ0) is 17.8. The third kappa shape index (κ3) is 4.10. The van der Waals surface area contributed by atoms with Crippen molar-refractivity contribution in [1.82, 2.24) is 9.88 Å². The lowest BCUT2D eigenvalue weighted by Crippen LogP contribution is -2.41. The minimum atomic E-state index is -0.150. The van der Waals surface area contributed by atoms with E-state index in [1.165, 1.54) is 0 Å². The van der Waals surface area contributed by atoms with Gasteiger partial charge in [-0.05, 0) is 38.1 Å². The number of ether oxygens (including phenoxy) is 1. The van der Waals surface area contributed by atoms with Gasteiger partial charge < -0.3 is 14.1 Å². The molecule has 0 saturated carbocycles. The van der Waals surface area contributed by atoms with Crippen molar-refractivity contribution in [2.45, 2.75) is 33.1 Å². The number of rotatable bonds is 5. The molecule has 2 aromatic rings. The summed E-state index contributed by atoms with van der Waals surface area (Å²) in [6, 6.07) is 3.89. The van der Waals surface area contributed by atoms with Crippen LogP contribution >= 0.6 is 11.3 Å². The second-order valence-electron chi connectivity index (χ2n) is 6.08. The van der Waals surface area contributed by atoms with Gasteiger partial charge in [-0.25, -0.2) is 4.98 Å². The van der Waals surface area contributed by atoms with Crippen LogP contribution in [0.4, 0.5) is 0 Å². The average Bonchev–Trinajstić information content (AvgIpc) is 3.25. The highest BCUT2D eigenvalue weighted by Gasteiger charge is 2.28. The van der Waals surface area contributed by atoms with Crippen LogP contribution in [0, 0.1) is 12.8 Å². The number of nitrogens with zero attached hydrogens (tertiary/aromatic N) is 2. The molecule has 1 amide bonds. The molecule has 7 heteroatoms. The van der Waals surface area contributed by atoms with Crippen LogP contribution in [0.1, 0.15) is 31.2 Å². The number of carbonyl (C=O) groups is 2. The van der Waals surface area contributed by atoms with E-state index in [0.717, 1.165) is 4.88 Å². The summed E-state index contributed by atoms with van der Waals surface area (Å²) in [4.78, 5) is 31.6. The number of hydrogen-bond acceptors (Lipinski definition) is 6. The molecular formula is C18H22N2O4S. The third-order valence-electron chi connectivity index (χ3n) is 4.41. The van der Waals surface area contributed by atoms with Crippen molar-refractivity contribution in [3.05, 3.63) is 29.0 Å². The van der Waals surface area contributed by atoms with E-state index in [9.17, 15) is 9.59 Å². The van der Waals surface area contributed by atoms with Crippen LogP contribution in [0.15, 0.2) is 21.9 Å². The number of piperidine rings is 1.